The van der Waals surface area contributed by atoms with Gasteiger partial charge in [-0.25, -0.2) is 0 Å². The molecule has 8 nitrogen and oxygen atoms in total. The predicted octanol–water partition coefficient (Wildman–Crippen LogP) is 2.11. The van der Waals surface area contributed by atoms with Crippen LogP contribution >= 0.6 is 0 Å². The minimum absolute atomic E-state index is 0.0848. The highest BCUT2D eigenvalue weighted by Crippen LogP contribution is 2.24. The van der Waals surface area contributed by atoms with Gasteiger partial charge in [0.05, 0.1) is 4.92 Å². The fourth-order valence-electron chi connectivity index (χ4n) is 2.08. The summed E-state index contributed by atoms with van der Waals surface area (Å²) in [5, 5.41) is 16.1. The number of hydrogen-bond donors (Lipinski definition) is 2. The third-order valence-corrected chi connectivity index (χ3v) is 3.36. The molecule has 25 heavy (non-hydrogen) atoms. The van der Waals surface area contributed by atoms with Crippen LogP contribution in [0.3, 0.4) is 0 Å². The van der Waals surface area contributed by atoms with Gasteiger partial charge in [-0.3, -0.25) is 19.7 Å². The van der Waals surface area contributed by atoms with Gasteiger partial charge in [0.25, 0.3) is 11.6 Å². The van der Waals surface area contributed by atoms with Gasteiger partial charge in [-0.05, 0) is 17.7 Å². The lowest BCUT2D eigenvalue weighted by molar-refractivity contribution is -0.384. The van der Waals surface area contributed by atoms with E-state index in [1.807, 2.05) is 30.3 Å². The molecule has 130 valence electrons. The van der Waals surface area contributed by atoms with Crippen LogP contribution < -0.4 is 10.6 Å². The van der Waals surface area contributed by atoms with Crippen LogP contribution in [0.25, 0.3) is 0 Å². The van der Waals surface area contributed by atoms with Crippen LogP contribution in [0, 0.1) is 10.1 Å². The summed E-state index contributed by atoms with van der Waals surface area (Å²) < 4.78 is 5.04. The summed E-state index contributed by atoms with van der Waals surface area (Å²) >= 11 is 0. The second-order valence-electron chi connectivity index (χ2n) is 5.07. The van der Waals surface area contributed by atoms with E-state index in [9.17, 15) is 19.7 Å². The average molecular weight is 343 g/mol. The zero-order valence-electron chi connectivity index (χ0n) is 13.5. The van der Waals surface area contributed by atoms with Gasteiger partial charge in [0.2, 0.25) is 0 Å². The van der Waals surface area contributed by atoms with E-state index in [2.05, 4.69) is 10.6 Å². The second kappa shape index (κ2) is 8.44. The molecule has 0 saturated carbocycles. The Morgan fingerprint density at radius 1 is 1.16 bits per heavy atom. The van der Waals surface area contributed by atoms with Crippen molar-refractivity contribution in [2.75, 3.05) is 18.9 Å². The van der Waals surface area contributed by atoms with Crippen molar-refractivity contribution in [2.24, 2.45) is 0 Å². The van der Waals surface area contributed by atoms with Crippen molar-refractivity contribution in [1.82, 2.24) is 5.32 Å². The number of hydrogen-bond acceptors (Lipinski definition) is 6. The quantitative estimate of drug-likeness (QED) is 0.452. The third kappa shape index (κ3) is 5.03. The van der Waals surface area contributed by atoms with E-state index in [-0.39, 0.29) is 24.4 Å². The molecule has 0 aromatic heterocycles. The molecular formula is C17H17N3O5. The Morgan fingerprint density at radius 3 is 2.52 bits per heavy atom. The van der Waals surface area contributed by atoms with E-state index in [0.717, 1.165) is 11.6 Å². The van der Waals surface area contributed by atoms with Crippen molar-refractivity contribution in [3.63, 3.8) is 0 Å². The lowest BCUT2D eigenvalue weighted by Gasteiger charge is -2.08. The lowest BCUT2D eigenvalue weighted by Crippen LogP contribution is -2.30. The SMILES string of the molecule is CNc1ccc(C(=O)NCC(=O)OCc2ccccc2)cc1[N+](=O)[O-]. The van der Waals surface area contributed by atoms with E-state index in [1.165, 1.54) is 12.1 Å². The van der Waals surface area contributed by atoms with E-state index < -0.39 is 16.8 Å². The van der Waals surface area contributed by atoms with Crippen molar-refractivity contribution < 1.29 is 19.2 Å². The summed E-state index contributed by atoms with van der Waals surface area (Å²) in [7, 11) is 1.55. The molecule has 1 amide bonds. The Balaban J connectivity index is 1.90. The molecule has 2 aromatic rings. The second-order valence-corrected chi connectivity index (χ2v) is 5.07. The summed E-state index contributed by atoms with van der Waals surface area (Å²) in [5.41, 5.74) is 0.993. The Morgan fingerprint density at radius 2 is 1.88 bits per heavy atom. The number of amides is 1. The average Bonchev–Trinajstić information content (AvgIpc) is 2.64. The topological polar surface area (TPSA) is 111 Å². The van der Waals surface area contributed by atoms with Gasteiger partial charge in [-0.1, -0.05) is 30.3 Å². The number of nitrogens with zero attached hydrogens (tertiary/aromatic N) is 1. The van der Waals surface area contributed by atoms with Gasteiger partial charge >= 0.3 is 5.97 Å². The maximum absolute atomic E-state index is 12.0. The number of nitrogens with one attached hydrogen (secondary N) is 2. The van der Waals surface area contributed by atoms with Crippen molar-refractivity contribution in [2.45, 2.75) is 6.61 Å². The summed E-state index contributed by atoms with van der Waals surface area (Å²) in [6.45, 7) is -0.217. The molecule has 0 heterocycles. The number of benzene rings is 2. The van der Waals surface area contributed by atoms with Gasteiger partial charge in [0.1, 0.15) is 18.8 Å². The molecule has 0 aliphatic heterocycles. The summed E-state index contributed by atoms with van der Waals surface area (Å²) in [6.07, 6.45) is 0. The van der Waals surface area contributed by atoms with Crippen molar-refractivity contribution in [1.29, 1.82) is 0 Å². The van der Waals surface area contributed by atoms with E-state index in [1.54, 1.807) is 7.05 Å². The Labute approximate surface area is 144 Å². The fourth-order valence-corrected chi connectivity index (χ4v) is 2.08. The Hall–Kier alpha value is -3.42. The van der Waals surface area contributed by atoms with Gasteiger partial charge in [-0.15, -0.1) is 0 Å². The normalized spacial score (nSPS) is 9.96. The molecular weight excluding hydrogens is 326 g/mol. The molecule has 0 atom stereocenters. The first-order valence-electron chi connectivity index (χ1n) is 7.45. The molecule has 0 radical (unpaired) electrons. The maximum atomic E-state index is 12.0. The number of esters is 1. The van der Waals surface area contributed by atoms with Crippen LogP contribution in [-0.4, -0.2) is 30.4 Å². The van der Waals surface area contributed by atoms with Crippen LogP contribution in [0.15, 0.2) is 48.5 Å². The number of carbonyl (C=O) groups excluding carboxylic acids is 2. The standard InChI is InChI=1S/C17H17N3O5/c1-18-14-8-7-13(9-15(14)20(23)24)17(22)19-10-16(21)25-11-12-5-3-2-4-6-12/h2-9,18H,10-11H2,1H3,(H,19,22). The number of nitro groups is 1. The first kappa shape index (κ1) is 17.9. The first-order chi connectivity index (χ1) is 12.0. The summed E-state index contributed by atoms with van der Waals surface area (Å²) in [5.74, 6) is -1.19. The molecule has 0 unspecified atom stereocenters. The van der Waals surface area contributed by atoms with Crippen molar-refractivity contribution in [3.05, 3.63) is 69.8 Å². The van der Waals surface area contributed by atoms with Gasteiger partial charge in [0, 0.05) is 18.7 Å². The van der Waals surface area contributed by atoms with E-state index >= 15 is 0 Å². The minimum atomic E-state index is -0.599. The lowest BCUT2D eigenvalue weighted by atomic mass is 10.1. The van der Waals surface area contributed by atoms with Crippen LogP contribution in [0.5, 0.6) is 0 Å². The van der Waals surface area contributed by atoms with E-state index in [4.69, 9.17) is 4.74 Å². The Bertz CT molecular complexity index is 777. The molecule has 0 bridgehead atoms. The molecule has 2 aromatic carbocycles. The van der Waals surface area contributed by atoms with Crippen molar-refractivity contribution in [3.8, 4) is 0 Å². The van der Waals surface area contributed by atoms with Crippen LogP contribution in [-0.2, 0) is 16.1 Å². The maximum Gasteiger partial charge on any atom is 0.325 e. The molecule has 2 rings (SSSR count). The van der Waals surface area contributed by atoms with Crippen LogP contribution in [0.1, 0.15) is 15.9 Å². The van der Waals surface area contributed by atoms with Crippen molar-refractivity contribution >= 4 is 23.3 Å². The number of carbonyl (C=O) groups is 2. The highest BCUT2D eigenvalue weighted by Gasteiger charge is 2.17. The Kier molecular flexibility index (Phi) is 6.05. The van der Waals surface area contributed by atoms with Crippen LogP contribution in [0.4, 0.5) is 11.4 Å². The highest BCUT2D eigenvalue weighted by molar-refractivity contribution is 5.97. The summed E-state index contributed by atoms with van der Waals surface area (Å²) in [6, 6.07) is 13.1. The van der Waals surface area contributed by atoms with Gasteiger partial charge < -0.3 is 15.4 Å². The molecule has 2 N–H and O–H groups in total. The molecule has 0 spiro atoms. The number of ether oxygens (including phenoxy) is 1. The fraction of sp³-hybridized carbons (Fsp3) is 0.176. The van der Waals surface area contributed by atoms with Gasteiger partial charge in [0.15, 0.2) is 0 Å². The molecule has 0 fully saturated rings. The summed E-state index contributed by atoms with van der Waals surface area (Å²) in [4.78, 5) is 34.1. The first-order valence-corrected chi connectivity index (χ1v) is 7.45. The third-order valence-electron chi connectivity index (χ3n) is 3.36. The zero-order chi connectivity index (χ0) is 18.2. The van der Waals surface area contributed by atoms with Crippen LogP contribution in [0.2, 0.25) is 0 Å². The highest BCUT2D eigenvalue weighted by atomic mass is 16.6. The van der Waals surface area contributed by atoms with Gasteiger partial charge in [-0.2, -0.15) is 0 Å². The zero-order valence-corrected chi connectivity index (χ0v) is 13.5. The number of nitro benzene ring substituents is 1. The molecule has 0 saturated heterocycles. The largest absolute Gasteiger partial charge is 0.460 e. The molecule has 0 aliphatic rings. The molecule has 0 aliphatic carbocycles. The minimum Gasteiger partial charge on any atom is -0.460 e. The molecule has 8 heteroatoms. The smallest absolute Gasteiger partial charge is 0.325 e. The monoisotopic (exact) mass is 343 g/mol. The van der Waals surface area contributed by atoms with E-state index in [0.29, 0.717) is 5.69 Å². The number of anilines is 1. The number of rotatable bonds is 7. The predicted molar refractivity (Wildman–Crippen MR) is 91.2 cm³/mol.